The minimum atomic E-state index is -4.95. The molecule has 0 fully saturated rings. The van der Waals surface area contributed by atoms with Crippen molar-refractivity contribution < 1.29 is 80.2 Å². The molecule has 0 saturated heterocycles. The number of aliphatic hydroxyl groups is 1. The first kappa shape index (κ1) is 86.1. The van der Waals surface area contributed by atoms with Gasteiger partial charge < -0.3 is 33.8 Å². The molecule has 88 heavy (non-hydrogen) atoms. The summed E-state index contributed by atoms with van der Waals surface area (Å²) in [6, 6.07) is 0. The zero-order valence-electron chi connectivity index (χ0n) is 57.0. The Labute approximate surface area is 537 Å². The summed E-state index contributed by atoms with van der Waals surface area (Å²) in [5.74, 6) is -0.632. The van der Waals surface area contributed by atoms with Crippen molar-refractivity contribution in [3.63, 3.8) is 0 Å². The van der Waals surface area contributed by atoms with Crippen LogP contribution in [0.1, 0.15) is 350 Å². The third-order valence-electron chi connectivity index (χ3n) is 16.7. The number of rotatable bonds is 68. The molecule has 0 rings (SSSR count). The lowest BCUT2D eigenvalue weighted by molar-refractivity contribution is -0.161. The second-order valence-electron chi connectivity index (χ2n) is 25.4. The lowest BCUT2D eigenvalue weighted by atomic mass is 9.99. The van der Waals surface area contributed by atoms with Crippen LogP contribution < -0.4 is 0 Å². The van der Waals surface area contributed by atoms with Gasteiger partial charge in [-0.05, 0) is 37.5 Å². The van der Waals surface area contributed by atoms with E-state index in [2.05, 4.69) is 41.5 Å². The molecule has 0 aliphatic rings. The Kier molecular flexibility index (Phi) is 59.9. The van der Waals surface area contributed by atoms with Crippen LogP contribution in [0.2, 0.25) is 0 Å². The smallest absolute Gasteiger partial charge is 0.462 e. The molecule has 3 N–H and O–H groups in total. The predicted octanol–water partition coefficient (Wildman–Crippen LogP) is 19.6. The minimum absolute atomic E-state index is 0.103. The van der Waals surface area contributed by atoms with E-state index in [0.29, 0.717) is 25.7 Å². The molecule has 0 bridgehead atoms. The van der Waals surface area contributed by atoms with Gasteiger partial charge in [-0.15, -0.1) is 0 Å². The van der Waals surface area contributed by atoms with Crippen molar-refractivity contribution >= 4 is 39.5 Å². The summed E-state index contributed by atoms with van der Waals surface area (Å²) in [5, 5.41) is 10.6. The molecule has 0 amide bonds. The van der Waals surface area contributed by atoms with Gasteiger partial charge in [-0.25, -0.2) is 9.13 Å². The fourth-order valence-electron chi connectivity index (χ4n) is 10.4. The molecule has 0 radical (unpaired) electrons. The topological polar surface area (TPSA) is 237 Å². The molecule has 0 aromatic carbocycles. The largest absolute Gasteiger partial charge is 0.472 e. The lowest BCUT2D eigenvalue weighted by Crippen LogP contribution is -2.30. The number of carbonyl (C=O) groups is 4. The highest BCUT2D eigenvalue weighted by Gasteiger charge is 2.30. The molecule has 7 atom stereocenters. The average Bonchev–Trinajstić information content (AvgIpc) is 3.67. The highest BCUT2D eigenvalue weighted by Crippen LogP contribution is 2.45. The Hall–Kier alpha value is -1.94. The van der Waals surface area contributed by atoms with Gasteiger partial charge in [0, 0.05) is 25.7 Å². The molecular formula is C69H134O17P2. The quantitative estimate of drug-likeness (QED) is 0.0222. The number of aliphatic hydroxyl groups excluding tert-OH is 1. The van der Waals surface area contributed by atoms with Gasteiger partial charge in [0.1, 0.15) is 19.3 Å². The Bertz CT molecular complexity index is 1720. The monoisotopic (exact) mass is 1300 g/mol. The number of hydrogen-bond donors (Lipinski definition) is 3. The molecule has 0 aromatic heterocycles. The van der Waals surface area contributed by atoms with Gasteiger partial charge in [0.25, 0.3) is 0 Å². The predicted molar refractivity (Wildman–Crippen MR) is 354 cm³/mol. The van der Waals surface area contributed by atoms with E-state index in [1.165, 1.54) is 167 Å². The van der Waals surface area contributed by atoms with E-state index in [0.717, 1.165) is 102 Å². The second-order valence-corrected chi connectivity index (χ2v) is 28.3. The van der Waals surface area contributed by atoms with Crippen molar-refractivity contribution in [1.82, 2.24) is 0 Å². The maximum atomic E-state index is 13.0. The summed E-state index contributed by atoms with van der Waals surface area (Å²) in [5.41, 5.74) is 0. The number of unbranched alkanes of at least 4 members (excludes halogenated alkanes) is 36. The van der Waals surface area contributed by atoms with Crippen LogP contribution in [0.4, 0.5) is 0 Å². The van der Waals surface area contributed by atoms with E-state index in [1.54, 1.807) is 0 Å². The Balaban J connectivity index is 5.23. The van der Waals surface area contributed by atoms with E-state index >= 15 is 0 Å². The number of esters is 4. The number of phosphoric ester groups is 2. The minimum Gasteiger partial charge on any atom is -0.462 e. The summed E-state index contributed by atoms with van der Waals surface area (Å²) in [7, 11) is -9.90. The summed E-state index contributed by atoms with van der Waals surface area (Å²) < 4.78 is 68.2. The first-order valence-corrected chi connectivity index (χ1v) is 39.1. The summed E-state index contributed by atoms with van der Waals surface area (Å²) >= 11 is 0. The van der Waals surface area contributed by atoms with Crippen LogP contribution in [0.25, 0.3) is 0 Å². The fourth-order valence-corrected chi connectivity index (χ4v) is 11.9. The van der Waals surface area contributed by atoms with Crippen molar-refractivity contribution in [2.75, 3.05) is 39.6 Å². The standard InChI is InChI=1S/C69H134O17P2/c1-7-11-13-15-17-19-20-21-22-23-24-25-26-28-34-41-47-53-68(73)85-64(57-80-67(72)52-46-40-33-30-29-31-37-43-49-61(5)9-3)59-83-87(75,76)81-55-63(70)56-82-88(77,78)84-60-65(58-79-66(71)51-45-39-32-27-18-16-14-12-8-2)86-69(74)54-48-42-36-35-38-44-50-62(6)10-4/h61-65,70H,7-60H2,1-6H3,(H,75,76)(H,77,78)/t61?,62?,63-,64-,65-/m1/s1. The van der Waals surface area contributed by atoms with Crippen LogP contribution in [0.3, 0.4) is 0 Å². The van der Waals surface area contributed by atoms with Gasteiger partial charge in [0.05, 0.1) is 26.4 Å². The van der Waals surface area contributed by atoms with Crippen LogP contribution in [0.15, 0.2) is 0 Å². The Morgan fingerprint density at radius 2 is 0.545 bits per heavy atom. The van der Waals surface area contributed by atoms with Gasteiger partial charge in [-0.1, -0.05) is 298 Å². The Morgan fingerprint density at radius 1 is 0.318 bits per heavy atom. The molecule has 0 aliphatic carbocycles. The van der Waals surface area contributed by atoms with Crippen molar-refractivity contribution in [2.24, 2.45) is 11.8 Å². The van der Waals surface area contributed by atoms with E-state index in [9.17, 15) is 43.2 Å². The zero-order valence-corrected chi connectivity index (χ0v) is 58.8. The molecule has 0 heterocycles. The average molecular weight is 1300 g/mol. The van der Waals surface area contributed by atoms with Crippen molar-refractivity contribution in [3.05, 3.63) is 0 Å². The van der Waals surface area contributed by atoms with Crippen LogP contribution in [-0.4, -0.2) is 96.7 Å². The molecule has 0 aromatic rings. The number of hydrogen-bond acceptors (Lipinski definition) is 15. The molecule has 522 valence electrons. The van der Waals surface area contributed by atoms with Crippen LogP contribution in [0, 0.1) is 11.8 Å². The van der Waals surface area contributed by atoms with Gasteiger partial charge in [0.15, 0.2) is 12.2 Å². The number of phosphoric acid groups is 2. The SMILES string of the molecule is CCCCCCCCCCCCCCCCCCCC(=O)O[C@H](COC(=O)CCCCCCCCCCC(C)CC)COP(=O)(O)OC[C@@H](O)COP(=O)(O)OC[C@@H](COC(=O)CCCCCCCCCCC)OC(=O)CCCCCCCCC(C)CC. The molecule has 0 spiro atoms. The van der Waals surface area contributed by atoms with Crippen LogP contribution in [-0.2, 0) is 65.4 Å². The van der Waals surface area contributed by atoms with E-state index in [-0.39, 0.29) is 25.7 Å². The summed E-state index contributed by atoms with van der Waals surface area (Å²) in [4.78, 5) is 72.4. The maximum absolute atomic E-state index is 13.0. The molecule has 17 nitrogen and oxygen atoms in total. The normalized spacial score (nSPS) is 14.8. The molecule has 0 saturated carbocycles. The van der Waals surface area contributed by atoms with Crippen molar-refractivity contribution in [1.29, 1.82) is 0 Å². The summed E-state index contributed by atoms with van der Waals surface area (Å²) in [6.07, 6.45) is 45.8. The molecule has 4 unspecified atom stereocenters. The van der Waals surface area contributed by atoms with E-state index < -0.39 is 97.5 Å². The lowest BCUT2D eigenvalue weighted by Gasteiger charge is -2.21. The van der Waals surface area contributed by atoms with Crippen molar-refractivity contribution in [2.45, 2.75) is 368 Å². The number of carbonyl (C=O) groups excluding carboxylic acids is 4. The second kappa shape index (κ2) is 61.3. The maximum Gasteiger partial charge on any atom is 0.472 e. The van der Waals surface area contributed by atoms with Gasteiger partial charge in [0.2, 0.25) is 0 Å². The Morgan fingerprint density at radius 3 is 0.807 bits per heavy atom. The molecule has 0 aliphatic heterocycles. The van der Waals surface area contributed by atoms with Crippen LogP contribution in [0.5, 0.6) is 0 Å². The zero-order chi connectivity index (χ0) is 65.0. The first-order chi connectivity index (χ1) is 42.4. The third kappa shape index (κ3) is 60.3. The molecule has 19 heteroatoms. The summed E-state index contributed by atoms with van der Waals surface area (Å²) in [6.45, 7) is 9.48. The highest BCUT2D eigenvalue weighted by molar-refractivity contribution is 7.47. The van der Waals surface area contributed by atoms with E-state index in [1.807, 2.05) is 0 Å². The van der Waals surface area contributed by atoms with Gasteiger partial charge in [-0.3, -0.25) is 37.3 Å². The van der Waals surface area contributed by atoms with Gasteiger partial charge in [-0.2, -0.15) is 0 Å². The first-order valence-electron chi connectivity index (χ1n) is 36.1. The van der Waals surface area contributed by atoms with Crippen LogP contribution >= 0.6 is 15.6 Å². The molecular weight excluding hydrogens is 1160 g/mol. The fraction of sp³-hybridized carbons (Fsp3) is 0.942. The van der Waals surface area contributed by atoms with E-state index in [4.69, 9.17) is 37.0 Å². The van der Waals surface area contributed by atoms with Crippen molar-refractivity contribution in [3.8, 4) is 0 Å². The number of ether oxygens (including phenoxy) is 4. The highest BCUT2D eigenvalue weighted by atomic mass is 31.2. The third-order valence-corrected chi connectivity index (χ3v) is 18.6. The van der Waals surface area contributed by atoms with Gasteiger partial charge >= 0.3 is 39.5 Å².